The third kappa shape index (κ3) is 2.71. The zero-order valence-electron chi connectivity index (χ0n) is 9.35. The zero-order chi connectivity index (χ0) is 9.86. The number of hydrogen-bond acceptors (Lipinski definition) is 2. The van der Waals surface area contributed by atoms with Crippen LogP contribution in [0.5, 0.6) is 0 Å². The summed E-state index contributed by atoms with van der Waals surface area (Å²) in [5, 5.41) is 3.76. The molecule has 0 spiro atoms. The second-order valence-corrected chi connectivity index (χ2v) is 5.20. The molecule has 0 bridgehead atoms. The lowest BCUT2D eigenvalue weighted by Crippen LogP contribution is -2.48. The van der Waals surface area contributed by atoms with Gasteiger partial charge in [0.2, 0.25) is 0 Å². The van der Waals surface area contributed by atoms with Crippen molar-refractivity contribution in [3.63, 3.8) is 0 Å². The van der Waals surface area contributed by atoms with Crippen LogP contribution in [0.2, 0.25) is 0 Å². The molecular weight excluding hydrogens is 174 g/mol. The van der Waals surface area contributed by atoms with Crippen molar-refractivity contribution in [1.29, 1.82) is 0 Å². The molecule has 0 atom stereocenters. The minimum atomic E-state index is 0.362. The van der Waals surface area contributed by atoms with Crippen LogP contribution in [0.3, 0.4) is 0 Å². The van der Waals surface area contributed by atoms with Gasteiger partial charge in [-0.3, -0.25) is 0 Å². The van der Waals surface area contributed by atoms with Gasteiger partial charge in [-0.2, -0.15) is 0 Å². The minimum absolute atomic E-state index is 0.362. The molecular formula is C12H23NO. The van der Waals surface area contributed by atoms with Crippen molar-refractivity contribution in [3.8, 4) is 0 Å². The van der Waals surface area contributed by atoms with E-state index in [1.54, 1.807) is 0 Å². The van der Waals surface area contributed by atoms with E-state index in [2.05, 4.69) is 12.2 Å². The first-order valence-corrected chi connectivity index (χ1v) is 6.11. The SMILES string of the molecule is CC1(NCC2CCCC2)CCOCC1. The van der Waals surface area contributed by atoms with Crippen LogP contribution in [-0.2, 0) is 4.74 Å². The predicted octanol–water partition coefficient (Wildman–Crippen LogP) is 2.34. The first kappa shape index (κ1) is 10.4. The summed E-state index contributed by atoms with van der Waals surface area (Å²) in [6, 6.07) is 0. The van der Waals surface area contributed by atoms with Gasteiger partial charge in [0.15, 0.2) is 0 Å². The maximum atomic E-state index is 5.40. The van der Waals surface area contributed by atoms with Gasteiger partial charge < -0.3 is 10.1 Å². The van der Waals surface area contributed by atoms with Gasteiger partial charge in [0.05, 0.1) is 0 Å². The highest BCUT2D eigenvalue weighted by atomic mass is 16.5. The molecule has 1 aliphatic heterocycles. The van der Waals surface area contributed by atoms with Gasteiger partial charge in [0, 0.05) is 18.8 Å². The fraction of sp³-hybridized carbons (Fsp3) is 1.00. The molecule has 2 fully saturated rings. The average Bonchev–Trinajstić information content (AvgIpc) is 2.69. The molecule has 0 unspecified atom stereocenters. The van der Waals surface area contributed by atoms with E-state index in [9.17, 15) is 0 Å². The number of nitrogens with one attached hydrogen (secondary N) is 1. The average molecular weight is 197 g/mol. The highest BCUT2D eigenvalue weighted by molar-refractivity contribution is 4.86. The molecule has 2 aliphatic rings. The summed E-state index contributed by atoms with van der Waals surface area (Å²) in [6.07, 6.45) is 8.15. The summed E-state index contributed by atoms with van der Waals surface area (Å²) in [5.74, 6) is 0.953. The van der Waals surface area contributed by atoms with Gasteiger partial charge in [-0.15, -0.1) is 0 Å². The summed E-state index contributed by atoms with van der Waals surface area (Å²) in [6.45, 7) is 5.46. The van der Waals surface area contributed by atoms with Crippen LogP contribution in [0.15, 0.2) is 0 Å². The van der Waals surface area contributed by atoms with Crippen LogP contribution >= 0.6 is 0 Å². The summed E-state index contributed by atoms with van der Waals surface area (Å²) in [7, 11) is 0. The lowest BCUT2D eigenvalue weighted by molar-refractivity contribution is 0.0438. The van der Waals surface area contributed by atoms with Crippen LogP contribution in [0, 0.1) is 5.92 Å². The van der Waals surface area contributed by atoms with Gasteiger partial charge in [0.25, 0.3) is 0 Å². The number of rotatable bonds is 3. The van der Waals surface area contributed by atoms with E-state index in [0.717, 1.165) is 19.1 Å². The number of hydrogen-bond donors (Lipinski definition) is 1. The molecule has 1 aliphatic carbocycles. The van der Waals surface area contributed by atoms with Crippen molar-refractivity contribution < 1.29 is 4.74 Å². The lowest BCUT2D eigenvalue weighted by atomic mass is 9.91. The summed E-state index contributed by atoms with van der Waals surface area (Å²) in [5.41, 5.74) is 0.362. The maximum absolute atomic E-state index is 5.40. The van der Waals surface area contributed by atoms with Crippen molar-refractivity contribution in [3.05, 3.63) is 0 Å². The molecule has 82 valence electrons. The van der Waals surface area contributed by atoms with Crippen LogP contribution < -0.4 is 5.32 Å². The van der Waals surface area contributed by atoms with E-state index < -0.39 is 0 Å². The summed E-state index contributed by atoms with van der Waals surface area (Å²) >= 11 is 0. The molecule has 1 heterocycles. The molecule has 2 heteroatoms. The van der Waals surface area contributed by atoms with Crippen LogP contribution in [0.25, 0.3) is 0 Å². The minimum Gasteiger partial charge on any atom is -0.381 e. The Morgan fingerprint density at radius 2 is 1.86 bits per heavy atom. The maximum Gasteiger partial charge on any atom is 0.0483 e. The Labute approximate surface area is 87.4 Å². The summed E-state index contributed by atoms with van der Waals surface area (Å²) in [4.78, 5) is 0. The third-order valence-corrected chi connectivity index (χ3v) is 3.89. The first-order chi connectivity index (χ1) is 6.79. The van der Waals surface area contributed by atoms with Gasteiger partial charge in [-0.1, -0.05) is 12.8 Å². The Morgan fingerprint density at radius 1 is 1.21 bits per heavy atom. The van der Waals surface area contributed by atoms with Gasteiger partial charge in [0.1, 0.15) is 0 Å². The smallest absolute Gasteiger partial charge is 0.0483 e. The topological polar surface area (TPSA) is 21.3 Å². The molecule has 1 saturated heterocycles. The second-order valence-electron chi connectivity index (χ2n) is 5.20. The van der Waals surface area contributed by atoms with Crippen LogP contribution in [0.4, 0.5) is 0 Å². The predicted molar refractivity (Wildman–Crippen MR) is 58.4 cm³/mol. The molecule has 0 radical (unpaired) electrons. The molecule has 0 amide bonds. The van der Waals surface area contributed by atoms with E-state index in [1.807, 2.05) is 0 Å². The second kappa shape index (κ2) is 4.63. The quantitative estimate of drug-likeness (QED) is 0.750. The Kier molecular flexibility index (Phi) is 3.45. The highest BCUT2D eigenvalue weighted by Crippen LogP contribution is 2.26. The van der Waals surface area contributed by atoms with E-state index in [-0.39, 0.29) is 0 Å². The molecule has 14 heavy (non-hydrogen) atoms. The molecule has 0 aromatic carbocycles. The standard InChI is InChI=1S/C12H23NO/c1-12(6-8-14-9-7-12)13-10-11-4-2-3-5-11/h11,13H,2-10H2,1H3. The zero-order valence-corrected chi connectivity index (χ0v) is 9.35. The molecule has 0 aromatic heterocycles. The molecule has 0 aromatic rings. The molecule has 1 saturated carbocycles. The first-order valence-electron chi connectivity index (χ1n) is 6.11. The fourth-order valence-corrected chi connectivity index (χ4v) is 2.60. The normalized spacial score (nSPS) is 28.1. The van der Waals surface area contributed by atoms with Crippen molar-refractivity contribution in [2.45, 2.75) is 51.0 Å². The van der Waals surface area contributed by atoms with Gasteiger partial charge in [-0.05, 0) is 45.1 Å². The lowest BCUT2D eigenvalue weighted by Gasteiger charge is -2.35. The highest BCUT2D eigenvalue weighted by Gasteiger charge is 2.27. The Balaban J connectivity index is 1.72. The van der Waals surface area contributed by atoms with E-state index in [0.29, 0.717) is 5.54 Å². The van der Waals surface area contributed by atoms with Crippen molar-refractivity contribution in [2.24, 2.45) is 5.92 Å². The third-order valence-electron chi connectivity index (χ3n) is 3.89. The largest absolute Gasteiger partial charge is 0.381 e. The Morgan fingerprint density at radius 3 is 2.50 bits per heavy atom. The van der Waals surface area contributed by atoms with Crippen molar-refractivity contribution in [2.75, 3.05) is 19.8 Å². The monoisotopic (exact) mass is 197 g/mol. The molecule has 1 N–H and O–H groups in total. The van der Waals surface area contributed by atoms with Crippen LogP contribution in [0.1, 0.15) is 45.4 Å². The van der Waals surface area contributed by atoms with Crippen LogP contribution in [-0.4, -0.2) is 25.3 Å². The Bertz CT molecular complexity index is 169. The number of ether oxygens (including phenoxy) is 1. The fourth-order valence-electron chi connectivity index (χ4n) is 2.60. The van der Waals surface area contributed by atoms with E-state index in [4.69, 9.17) is 4.74 Å². The van der Waals surface area contributed by atoms with Crippen molar-refractivity contribution in [1.82, 2.24) is 5.32 Å². The van der Waals surface area contributed by atoms with Gasteiger partial charge in [-0.25, -0.2) is 0 Å². The van der Waals surface area contributed by atoms with Crippen molar-refractivity contribution >= 4 is 0 Å². The Hall–Kier alpha value is -0.0800. The van der Waals surface area contributed by atoms with Gasteiger partial charge >= 0.3 is 0 Å². The van der Waals surface area contributed by atoms with E-state index >= 15 is 0 Å². The van der Waals surface area contributed by atoms with E-state index in [1.165, 1.54) is 45.1 Å². The molecule has 2 nitrogen and oxygen atoms in total. The molecule has 2 rings (SSSR count). The summed E-state index contributed by atoms with van der Waals surface area (Å²) < 4.78 is 5.40.